The second-order valence-corrected chi connectivity index (χ2v) is 6.38. The molecule has 1 aromatic rings. The number of rotatable bonds is 7. The van der Waals surface area contributed by atoms with Crippen molar-refractivity contribution in [3.63, 3.8) is 0 Å². The van der Waals surface area contributed by atoms with Gasteiger partial charge in [0.1, 0.15) is 11.5 Å². The summed E-state index contributed by atoms with van der Waals surface area (Å²) in [4.78, 5) is 11.4. The molecule has 0 spiro atoms. The van der Waals surface area contributed by atoms with Crippen LogP contribution in [0, 0.1) is 0 Å². The van der Waals surface area contributed by atoms with Gasteiger partial charge in [-0.25, -0.2) is 18.4 Å². The van der Waals surface area contributed by atoms with E-state index in [1.807, 2.05) is 6.92 Å². The molecule has 0 heterocycles. The van der Waals surface area contributed by atoms with Crippen molar-refractivity contribution < 1.29 is 22.7 Å². The fourth-order valence-electron chi connectivity index (χ4n) is 1.41. The van der Waals surface area contributed by atoms with Crippen LogP contribution in [0.1, 0.15) is 23.7 Å². The summed E-state index contributed by atoms with van der Waals surface area (Å²) < 4.78 is 32.8. The summed E-state index contributed by atoms with van der Waals surface area (Å²) in [6.45, 7) is 2.82. The topological polar surface area (TPSA) is 95.7 Å². The predicted octanol–water partition coefficient (Wildman–Crippen LogP) is 2.22. The van der Waals surface area contributed by atoms with E-state index in [1.54, 1.807) is 0 Å². The Morgan fingerprint density at radius 2 is 1.90 bits per heavy atom. The second kappa shape index (κ2) is 7.95. The Bertz CT molecular complexity index is 618. The zero-order chi connectivity index (χ0) is 16.0. The van der Waals surface area contributed by atoms with Crippen molar-refractivity contribution in [2.45, 2.75) is 18.2 Å². The van der Waals surface area contributed by atoms with Crippen LogP contribution in [0.15, 0.2) is 17.0 Å². The van der Waals surface area contributed by atoms with Gasteiger partial charge in [-0.15, -0.1) is 0 Å². The molecule has 0 saturated carbocycles. The van der Waals surface area contributed by atoms with Crippen molar-refractivity contribution in [3.8, 4) is 0 Å². The van der Waals surface area contributed by atoms with E-state index in [4.69, 9.17) is 37.8 Å². The highest BCUT2D eigenvalue weighted by Crippen LogP contribution is 2.30. The van der Waals surface area contributed by atoms with Crippen molar-refractivity contribution in [2.24, 2.45) is 5.14 Å². The Kier molecular flexibility index (Phi) is 6.89. The predicted molar refractivity (Wildman–Crippen MR) is 79.2 cm³/mol. The van der Waals surface area contributed by atoms with Gasteiger partial charge in [-0.3, -0.25) is 0 Å². The number of primary sulfonamides is 1. The van der Waals surface area contributed by atoms with Crippen LogP contribution in [-0.4, -0.2) is 34.2 Å². The number of carbonyl (C=O) groups is 1. The van der Waals surface area contributed by atoms with E-state index in [1.165, 1.54) is 6.07 Å². The molecule has 0 saturated heterocycles. The molecule has 0 aromatic heterocycles. The molecule has 0 atom stereocenters. The Labute approximate surface area is 133 Å². The summed E-state index contributed by atoms with van der Waals surface area (Å²) in [5, 5.41) is 4.67. The molecule has 9 heteroatoms. The minimum Gasteiger partial charge on any atom is -0.460 e. The van der Waals surface area contributed by atoms with E-state index in [2.05, 4.69) is 0 Å². The second-order valence-electron chi connectivity index (χ2n) is 4.06. The summed E-state index contributed by atoms with van der Waals surface area (Å²) in [5.41, 5.74) is -0.0519. The van der Waals surface area contributed by atoms with Crippen LogP contribution in [0.3, 0.4) is 0 Å². The standard InChI is InChI=1S/C12H15Cl2NO5S/c1-2-3-19-4-5-20-12(16)8-6-9(13)11(14)10(7-8)21(15,17)18/h6-7H,2-5H2,1H3,(H2,15,17,18). The highest BCUT2D eigenvalue weighted by molar-refractivity contribution is 7.89. The van der Waals surface area contributed by atoms with Crippen LogP contribution in [-0.2, 0) is 19.5 Å². The number of hydrogen-bond acceptors (Lipinski definition) is 5. The number of carbonyl (C=O) groups excluding carboxylic acids is 1. The molecule has 0 unspecified atom stereocenters. The molecule has 0 amide bonds. The van der Waals surface area contributed by atoms with E-state index in [9.17, 15) is 13.2 Å². The Morgan fingerprint density at radius 1 is 1.24 bits per heavy atom. The lowest BCUT2D eigenvalue weighted by molar-refractivity contribution is 0.0318. The van der Waals surface area contributed by atoms with Gasteiger partial charge >= 0.3 is 5.97 Å². The van der Waals surface area contributed by atoms with Crippen molar-refractivity contribution in [1.82, 2.24) is 0 Å². The Morgan fingerprint density at radius 3 is 2.48 bits per heavy atom. The molecule has 0 fully saturated rings. The first kappa shape index (κ1) is 18.2. The van der Waals surface area contributed by atoms with Gasteiger partial charge in [0, 0.05) is 6.61 Å². The van der Waals surface area contributed by atoms with Gasteiger partial charge in [-0.2, -0.15) is 0 Å². The molecule has 0 aliphatic heterocycles. The quantitative estimate of drug-likeness (QED) is 0.597. The molecule has 21 heavy (non-hydrogen) atoms. The summed E-state index contributed by atoms with van der Waals surface area (Å²) in [5.74, 6) is -0.737. The fourth-order valence-corrected chi connectivity index (χ4v) is 2.77. The highest BCUT2D eigenvalue weighted by Gasteiger charge is 2.20. The number of halogens is 2. The number of hydrogen-bond donors (Lipinski definition) is 1. The SMILES string of the molecule is CCCOCCOC(=O)c1cc(Cl)c(Cl)c(S(N)(=O)=O)c1. The molecule has 1 rings (SSSR count). The van der Waals surface area contributed by atoms with Crippen LogP contribution < -0.4 is 5.14 Å². The number of sulfonamides is 1. The summed E-state index contributed by atoms with van der Waals surface area (Å²) >= 11 is 11.5. The summed E-state index contributed by atoms with van der Waals surface area (Å²) in [7, 11) is -4.09. The largest absolute Gasteiger partial charge is 0.460 e. The molecular weight excluding hydrogens is 341 g/mol. The first-order valence-electron chi connectivity index (χ1n) is 6.04. The monoisotopic (exact) mass is 355 g/mol. The van der Waals surface area contributed by atoms with Gasteiger partial charge in [0.2, 0.25) is 10.0 Å². The highest BCUT2D eigenvalue weighted by atomic mass is 35.5. The maximum Gasteiger partial charge on any atom is 0.338 e. The van der Waals surface area contributed by atoms with Gasteiger partial charge in [-0.05, 0) is 18.6 Å². The number of nitrogens with two attached hydrogens (primary N) is 1. The van der Waals surface area contributed by atoms with Crippen molar-refractivity contribution in [2.75, 3.05) is 19.8 Å². The van der Waals surface area contributed by atoms with Crippen LogP contribution >= 0.6 is 23.2 Å². The van der Waals surface area contributed by atoms with Gasteiger partial charge in [0.15, 0.2) is 0 Å². The molecule has 0 bridgehead atoms. The molecule has 1 aromatic carbocycles. The molecule has 118 valence electrons. The lowest BCUT2D eigenvalue weighted by atomic mass is 10.2. The number of esters is 1. The average molecular weight is 356 g/mol. The lowest BCUT2D eigenvalue weighted by Gasteiger charge is -2.09. The number of benzene rings is 1. The van der Waals surface area contributed by atoms with E-state index in [-0.39, 0.29) is 28.8 Å². The van der Waals surface area contributed by atoms with Gasteiger partial charge in [0.25, 0.3) is 0 Å². The van der Waals surface area contributed by atoms with Crippen molar-refractivity contribution in [1.29, 1.82) is 0 Å². The first-order chi connectivity index (χ1) is 9.77. The molecular formula is C12H15Cl2NO5S. The van der Waals surface area contributed by atoms with Crippen LogP contribution in [0.4, 0.5) is 0 Å². The van der Waals surface area contributed by atoms with Crippen LogP contribution in [0.5, 0.6) is 0 Å². The fraction of sp³-hybridized carbons (Fsp3) is 0.417. The molecule has 0 aliphatic rings. The normalized spacial score (nSPS) is 11.4. The zero-order valence-corrected chi connectivity index (χ0v) is 13.6. The molecule has 2 N–H and O–H groups in total. The number of ether oxygens (including phenoxy) is 2. The zero-order valence-electron chi connectivity index (χ0n) is 11.3. The van der Waals surface area contributed by atoms with Crippen molar-refractivity contribution in [3.05, 3.63) is 27.7 Å². The van der Waals surface area contributed by atoms with Crippen LogP contribution in [0.2, 0.25) is 10.0 Å². The third kappa shape index (κ3) is 5.44. The van der Waals surface area contributed by atoms with E-state index >= 15 is 0 Å². The van der Waals surface area contributed by atoms with Crippen molar-refractivity contribution >= 4 is 39.2 Å². The molecule has 0 aliphatic carbocycles. The van der Waals surface area contributed by atoms with E-state index < -0.39 is 20.9 Å². The smallest absolute Gasteiger partial charge is 0.338 e. The summed E-state index contributed by atoms with van der Waals surface area (Å²) in [6.07, 6.45) is 0.860. The van der Waals surface area contributed by atoms with Gasteiger partial charge in [0.05, 0.1) is 22.2 Å². The molecule has 0 radical (unpaired) electrons. The van der Waals surface area contributed by atoms with Gasteiger partial charge < -0.3 is 9.47 Å². The Balaban J connectivity index is 2.84. The third-order valence-electron chi connectivity index (χ3n) is 2.35. The minimum atomic E-state index is -4.09. The maximum absolute atomic E-state index is 11.8. The average Bonchev–Trinajstić information content (AvgIpc) is 2.39. The maximum atomic E-state index is 11.8. The van der Waals surface area contributed by atoms with E-state index in [0.29, 0.717) is 6.61 Å². The minimum absolute atomic E-state index is 0.0454. The summed E-state index contributed by atoms with van der Waals surface area (Å²) in [6, 6.07) is 2.24. The molecule has 6 nitrogen and oxygen atoms in total. The first-order valence-corrected chi connectivity index (χ1v) is 8.34. The van der Waals surface area contributed by atoms with Crippen LogP contribution in [0.25, 0.3) is 0 Å². The van der Waals surface area contributed by atoms with E-state index in [0.717, 1.165) is 12.5 Å². The third-order valence-corrected chi connectivity index (χ3v) is 4.20. The Hall–Kier alpha value is -0.860. The van der Waals surface area contributed by atoms with Gasteiger partial charge in [-0.1, -0.05) is 30.1 Å². The lowest BCUT2D eigenvalue weighted by Crippen LogP contribution is -2.15.